The number of terminal acetylenes is 1. The highest BCUT2D eigenvalue weighted by Crippen LogP contribution is 2.38. The lowest BCUT2D eigenvalue weighted by Gasteiger charge is -2.31. The molecule has 1 aromatic carbocycles. The molecule has 3 rings (SSSR count). The average molecular weight is 526 g/mol. The molecular weight excluding hydrogens is 504 g/mol. The first-order valence-electron chi connectivity index (χ1n) is 10.1. The van der Waals surface area contributed by atoms with E-state index in [1.54, 1.807) is 11.8 Å². The molecule has 1 unspecified atom stereocenters. The van der Waals surface area contributed by atoms with E-state index < -0.39 is 23.5 Å². The minimum absolute atomic E-state index is 0. The largest absolute Gasteiger partial charge is 0.416 e. The van der Waals surface area contributed by atoms with E-state index in [0.717, 1.165) is 17.8 Å². The van der Waals surface area contributed by atoms with Crippen molar-refractivity contribution >= 4 is 35.2 Å². The molecule has 0 saturated carbocycles. The van der Waals surface area contributed by atoms with Gasteiger partial charge in [0.15, 0.2) is 0 Å². The van der Waals surface area contributed by atoms with Crippen LogP contribution in [0.3, 0.4) is 0 Å². The number of likely N-dealkylation sites (tertiary alicyclic amines) is 1. The number of piperidine rings is 1. The van der Waals surface area contributed by atoms with Gasteiger partial charge in [0, 0.05) is 6.54 Å². The molecule has 1 fully saturated rings. The van der Waals surface area contributed by atoms with Crippen LogP contribution in [0.15, 0.2) is 34.2 Å². The number of carbonyl (C=O) groups is 1. The molecular formula is C22H22ClF6N3OS. The lowest BCUT2D eigenvalue weighted by Crippen LogP contribution is -2.34. The zero-order chi connectivity index (χ0) is 24.4. The normalized spacial score (nSPS) is 20.0. The number of nitrogens with zero attached hydrogens (tertiary/aromatic N) is 2. The van der Waals surface area contributed by atoms with Crippen LogP contribution in [0.25, 0.3) is 0 Å². The van der Waals surface area contributed by atoms with Crippen LogP contribution in [0.1, 0.15) is 36.5 Å². The molecule has 1 N–H and O–H groups in total. The minimum Gasteiger partial charge on any atom is -0.356 e. The van der Waals surface area contributed by atoms with Crippen LogP contribution in [0, 0.1) is 18.3 Å². The SMILES string of the molecule is C#CC(C)NC1=NC(=O)SC1=CC1CCN(Cc2ccc(C(F)(F)F)cc2C(F)(F)F)CC1.Cl. The Kier molecular flexibility index (Phi) is 9.13. The lowest BCUT2D eigenvalue weighted by molar-refractivity contribution is -0.143. The van der Waals surface area contributed by atoms with E-state index >= 15 is 0 Å². The fourth-order valence-corrected chi connectivity index (χ4v) is 4.45. The topological polar surface area (TPSA) is 44.7 Å². The number of alkyl halides is 6. The molecule has 0 bridgehead atoms. The van der Waals surface area contributed by atoms with Gasteiger partial charge in [-0.2, -0.15) is 31.3 Å². The van der Waals surface area contributed by atoms with Gasteiger partial charge in [-0.1, -0.05) is 18.1 Å². The predicted molar refractivity (Wildman–Crippen MR) is 122 cm³/mol. The van der Waals surface area contributed by atoms with Crippen molar-refractivity contribution < 1.29 is 31.1 Å². The number of hydrogen-bond acceptors (Lipinski definition) is 4. The Morgan fingerprint density at radius 3 is 2.44 bits per heavy atom. The molecule has 2 heterocycles. The van der Waals surface area contributed by atoms with Crippen LogP contribution in [-0.4, -0.2) is 35.1 Å². The van der Waals surface area contributed by atoms with Crippen molar-refractivity contribution in [1.29, 1.82) is 0 Å². The zero-order valence-electron chi connectivity index (χ0n) is 18.0. The average Bonchev–Trinajstić information content (AvgIpc) is 3.06. The highest BCUT2D eigenvalue weighted by Gasteiger charge is 2.38. The maximum atomic E-state index is 13.4. The maximum absolute atomic E-state index is 13.4. The van der Waals surface area contributed by atoms with Crippen molar-refractivity contribution in [2.75, 3.05) is 13.1 Å². The quantitative estimate of drug-likeness (QED) is 0.380. The van der Waals surface area contributed by atoms with E-state index in [1.165, 1.54) is 0 Å². The highest BCUT2D eigenvalue weighted by atomic mass is 35.5. The number of hydrogen-bond donors (Lipinski definition) is 1. The minimum atomic E-state index is -4.89. The molecule has 2 aliphatic rings. The molecule has 0 radical (unpaired) electrons. The second kappa shape index (κ2) is 11.1. The summed E-state index contributed by atoms with van der Waals surface area (Å²) >= 11 is 0.988. The molecule has 1 amide bonds. The summed E-state index contributed by atoms with van der Waals surface area (Å²) in [5.74, 6) is 2.99. The Morgan fingerprint density at radius 1 is 1.24 bits per heavy atom. The van der Waals surface area contributed by atoms with E-state index in [0.29, 0.717) is 42.7 Å². The van der Waals surface area contributed by atoms with Crippen molar-refractivity contribution in [3.63, 3.8) is 0 Å². The van der Waals surface area contributed by atoms with Crippen molar-refractivity contribution in [3.05, 3.63) is 45.9 Å². The monoisotopic (exact) mass is 525 g/mol. The van der Waals surface area contributed by atoms with Crippen molar-refractivity contribution in [3.8, 4) is 12.3 Å². The molecule has 1 atom stereocenters. The fraction of sp³-hybridized carbons (Fsp3) is 0.455. The molecule has 4 nitrogen and oxygen atoms in total. The number of halogens is 7. The summed E-state index contributed by atoms with van der Waals surface area (Å²) in [6, 6.07) is 1.45. The van der Waals surface area contributed by atoms with E-state index in [-0.39, 0.29) is 47.8 Å². The Hall–Kier alpha value is -2.16. The number of aliphatic imine (C=N–C) groups is 1. The lowest BCUT2D eigenvalue weighted by atomic mass is 9.95. The number of thioether (sulfide) groups is 1. The van der Waals surface area contributed by atoms with Gasteiger partial charge >= 0.3 is 17.6 Å². The first-order chi connectivity index (χ1) is 15.4. The molecule has 0 aliphatic carbocycles. The van der Waals surface area contributed by atoms with E-state index in [4.69, 9.17) is 6.42 Å². The second-order valence-corrected chi connectivity index (χ2v) is 8.87. The molecule has 0 aromatic heterocycles. The molecule has 186 valence electrons. The smallest absolute Gasteiger partial charge is 0.356 e. The third-order valence-corrected chi connectivity index (χ3v) is 6.21. The van der Waals surface area contributed by atoms with Gasteiger partial charge < -0.3 is 5.32 Å². The molecule has 0 spiro atoms. The number of allylic oxidation sites excluding steroid dienone is 1. The first kappa shape index (κ1) is 28.1. The van der Waals surface area contributed by atoms with Gasteiger partial charge in [0.05, 0.1) is 22.1 Å². The van der Waals surface area contributed by atoms with E-state index in [9.17, 15) is 31.1 Å². The molecule has 34 heavy (non-hydrogen) atoms. The van der Waals surface area contributed by atoms with Crippen LogP contribution < -0.4 is 5.32 Å². The highest BCUT2D eigenvalue weighted by molar-refractivity contribution is 8.18. The number of rotatable bonds is 4. The van der Waals surface area contributed by atoms with Gasteiger partial charge in [-0.3, -0.25) is 9.69 Å². The number of carbonyl (C=O) groups excluding carboxylic acids is 1. The van der Waals surface area contributed by atoms with Crippen LogP contribution in [0.4, 0.5) is 31.1 Å². The Bertz CT molecular complexity index is 1010. The van der Waals surface area contributed by atoms with Gasteiger partial charge in [-0.15, -0.1) is 18.8 Å². The predicted octanol–water partition coefficient (Wildman–Crippen LogP) is 6.12. The first-order valence-corrected chi connectivity index (χ1v) is 10.9. The van der Waals surface area contributed by atoms with Gasteiger partial charge in [-0.25, -0.2) is 0 Å². The Balaban J connectivity index is 0.00000408. The van der Waals surface area contributed by atoms with E-state index in [1.807, 2.05) is 6.08 Å². The van der Waals surface area contributed by atoms with Crippen LogP contribution in [0.5, 0.6) is 0 Å². The standard InChI is InChI=1S/C22H21F6N3OS.ClH/c1-3-13(2)29-19-18(33-20(32)30-19)10-14-6-8-31(9-7-14)12-15-4-5-16(21(23,24)25)11-17(15)22(26,27)28;/h1,4-5,10-11,13-14H,6-9,12H2,2H3,(H,29,30,32);1H. The maximum Gasteiger partial charge on any atom is 0.416 e. The molecule has 12 heteroatoms. The molecule has 1 saturated heterocycles. The third-order valence-electron chi connectivity index (χ3n) is 5.39. The van der Waals surface area contributed by atoms with Crippen LogP contribution in [-0.2, 0) is 18.9 Å². The summed E-state index contributed by atoms with van der Waals surface area (Å²) in [6.45, 7) is 2.58. The van der Waals surface area contributed by atoms with Crippen molar-refractivity contribution in [2.24, 2.45) is 10.9 Å². The van der Waals surface area contributed by atoms with E-state index in [2.05, 4.69) is 16.2 Å². The second-order valence-electron chi connectivity index (χ2n) is 7.87. The zero-order valence-corrected chi connectivity index (χ0v) is 19.6. The third kappa shape index (κ3) is 7.17. The van der Waals surface area contributed by atoms with Gasteiger partial charge in [0.25, 0.3) is 0 Å². The summed E-state index contributed by atoms with van der Waals surface area (Å²) in [5, 5.41) is 2.63. The summed E-state index contributed by atoms with van der Waals surface area (Å²) < 4.78 is 78.8. The number of benzene rings is 1. The Labute approximate surface area is 203 Å². The summed E-state index contributed by atoms with van der Waals surface area (Å²) in [5.41, 5.74) is -2.78. The van der Waals surface area contributed by atoms with Crippen molar-refractivity contribution in [1.82, 2.24) is 10.2 Å². The van der Waals surface area contributed by atoms with Crippen molar-refractivity contribution in [2.45, 2.75) is 44.7 Å². The van der Waals surface area contributed by atoms with Crippen LogP contribution >= 0.6 is 24.2 Å². The molecule has 1 aromatic rings. The number of amides is 1. The van der Waals surface area contributed by atoms with Gasteiger partial charge in [0.1, 0.15) is 5.84 Å². The summed E-state index contributed by atoms with van der Waals surface area (Å²) in [4.78, 5) is 18.1. The van der Waals surface area contributed by atoms with Gasteiger partial charge in [0.2, 0.25) is 0 Å². The van der Waals surface area contributed by atoms with Crippen LogP contribution in [0.2, 0.25) is 0 Å². The van der Waals surface area contributed by atoms with Gasteiger partial charge in [-0.05, 0) is 68.2 Å². The molecule has 2 aliphatic heterocycles. The summed E-state index contributed by atoms with van der Waals surface area (Å²) in [7, 11) is 0. The fourth-order valence-electron chi connectivity index (χ4n) is 3.66. The Morgan fingerprint density at radius 2 is 1.88 bits per heavy atom. The number of nitrogens with one attached hydrogen (secondary N) is 1. The summed E-state index contributed by atoms with van der Waals surface area (Å²) in [6.07, 6.45) is -1.22. The number of amidine groups is 1.